The first-order chi connectivity index (χ1) is 19.6. The summed E-state index contributed by atoms with van der Waals surface area (Å²) in [7, 11) is -0.779. The molecule has 4 rings (SSSR count). The second-order valence-corrected chi connectivity index (χ2v) is 13.4. The summed E-state index contributed by atoms with van der Waals surface area (Å²) in [6.07, 6.45) is 1.99. The molecule has 0 spiro atoms. The summed E-state index contributed by atoms with van der Waals surface area (Å²) in [6.45, 7) is 6.88. The minimum atomic E-state index is -3.96. The number of sulfonamides is 1. The fourth-order valence-electron chi connectivity index (χ4n) is 5.40. The minimum Gasteiger partial charge on any atom is -0.493 e. The Kier molecular flexibility index (Phi) is 10.5. The lowest BCUT2D eigenvalue weighted by molar-refractivity contribution is -0.132. The zero-order chi connectivity index (χ0) is 29.6. The van der Waals surface area contributed by atoms with Crippen molar-refractivity contribution in [3.8, 4) is 11.5 Å². The highest BCUT2D eigenvalue weighted by atomic mass is 32.2. The average molecular weight is 601 g/mol. The first-order valence-corrected chi connectivity index (χ1v) is 16.1. The summed E-state index contributed by atoms with van der Waals surface area (Å²) in [5.74, 6) is 1.01. The predicted octanol–water partition coefficient (Wildman–Crippen LogP) is 5.13. The molecule has 0 saturated carbocycles. The van der Waals surface area contributed by atoms with Crippen molar-refractivity contribution in [1.82, 2.24) is 9.21 Å². The third-order valence-corrected chi connectivity index (χ3v) is 10.3. The quantitative estimate of drug-likeness (QED) is 0.270. The summed E-state index contributed by atoms with van der Waals surface area (Å²) < 4.78 is 46.2. The average Bonchev–Trinajstić information content (AvgIpc) is 3.64. The smallest absolute Gasteiger partial charge is 0.244 e. The fourth-order valence-corrected chi connectivity index (χ4v) is 7.95. The van der Waals surface area contributed by atoms with E-state index in [2.05, 4.69) is 0 Å². The summed E-state index contributed by atoms with van der Waals surface area (Å²) in [4.78, 5) is 17.0. The van der Waals surface area contributed by atoms with Crippen LogP contribution in [0.2, 0.25) is 0 Å². The van der Waals surface area contributed by atoms with Crippen LogP contribution in [0.5, 0.6) is 11.5 Å². The Morgan fingerprint density at radius 1 is 1.05 bits per heavy atom. The number of rotatable bonds is 13. The van der Waals surface area contributed by atoms with Gasteiger partial charge in [-0.3, -0.25) is 4.79 Å². The first kappa shape index (κ1) is 31.0. The molecule has 1 aliphatic heterocycles. The number of carbonyl (C=O) groups is 1. The Bertz CT molecular complexity index is 1410. The largest absolute Gasteiger partial charge is 0.493 e. The Morgan fingerprint density at radius 3 is 2.39 bits per heavy atom. The number of thiophene rings is 1. The molecule has 222 valence electrons. The van der Waals surface area contributed by atoms with E-state index in [1.807, 2.05) is 68.6 Å². The number of ether oxygens (including phenoxy) is 3. The van der Waals surface area contributed by atoms with Crippen LogP contribution in [0.4, 0.5) is 0 Å². The molecular formula is C31H40N2O6S2. The van der Waals surface area contributed by atoms with E-state index < -0.39 is 10.0 Å². The molecule has 0 bridgehead atoms. The number of aryl methyl sites for hydroxylation is 3. The Labute approximate surface area is 247 Å². The molecule has 1 atom stereocenters. The molecular weight excluding hydrogens is 560 g/mol. The molecule has 1 fully saturated rings. The maximum absolute atomic E-state index is 14.1. The van der Waals surface area contributed by atoms with Crippen LogP contribution in [0.3, 0.4) is 0 Å². The summed E-state index contributed by atoms with van der Waals surface area (Å²) in [5, 5.41) is 1.98. The van der Waals surface area contributed by atoms with Crippen LogP contribution >= 0.6 is 11.3 Å². The van der Waals surface area contributed by atoms with E-state index in [1.54, 1.807) is 30.5 Å². The Hall–Kier alpha value is -2.92. The third kappa shape index (κ3) is 7.68. The molecule has 1 saturated heterocycles. The van der Waals surface area contributed by atoms with Gasteiger partial charge >= 0.3 is 0 Å². The molecule has 0 aliphatic carbocycles. The topological polar surface area (TPSA) is 85.4 Å². The fraction of sp³-hybridized carbons (Fsp3) is 0.452. The van der Waals surface area contributed by atoms with Crippen LogP contribution in [0.15, 0.2) is 52.7 Å². The van der Waals surface area contributed by atoms with E-state index in [-0.39, 0.29) is 30.0 Å². The summed E-state index contributed by atoms with van der Waals surface area (Å²) in [5.41, 5.74) is 3.34. The highest BCUT2D eigenvalue weighted by molar-refractivity contribution is 7.89. The second kappa shape index (κ2) is 13.8. The van der Waals surface area contributed by atoms with Gasteiger partial charge in [-0.15, -0.1) is 11.3 Å². The van der Waals surface area contributed by atoms with E-state index in [0.717, 1.165) is 28.8 Å². The van der Waals surface area contributed by atoms with Crippen molar-refractivity contribution < 1.29 is 27.4 Å². The molecule has 2 heterocycles. The van der Waals surface area contributed by atoms with Crippen LogP contribution in [-0.4, -0.2) is 70.1 Å². The lowest BCUT2D eigenvalue weighted by Gasteiger charge is -2.29. The van der Waals surface area contributed by atoms with E-state index in [1.165, 1.54) is 4.31 Å². The van der Waals surface area contributed by atoms with Gasteiger partial charge in [0.1, 0.15) is 0 Å². The van der Waals surface area contributed by atoms with Crippen molar-refractivity contribution in [3.05, 3.63) is 75.0 Å². The van der Waals surface area contributed by atoms with Gasteiger partial charge in [0, 0.05) is 24.6 Å². The molecule has 1 aromatic heterocycles. The number of amides is 1. The maximum atomic E-state index is 14.1. The van der Waals surface area contributed by atoms with Crippen LogP contribution in [0.25, 0.3) is 0 Å². The van der Waals surface area contributed by atoms with Crippen LogP contribution in [0.1, 0.15) is 40.0 Å². The number of hydrogen-bond donors (Lipinski definition) is 0. The van der Waals surface area contributed by atoms with Gasteiger partial charge in [0.25, 0.3) is 0 Å². The van der Waals surface area contributed by atoms with Gasteiger partial charge in [0.15, 0.2) is 11.5 Å². The number of carbonyl (C=O) groups excluding carboxylic acids is 1. The van der Waals surface area contributed by atoms with Crippen molar-refractivity contribution in [2.75, 3.05) is 40.5 Å². The SMILES string of the molecule is COc1ccc(CCN(Cc2cccs2)C(=O)CN(CC2CCCO2)S(=O)(=O)c2c(C)cc(C)cc2C)cc1OC. The molecule has 41 heavy (non-hydrogen) atoms. The van der Waals surface area contributed by atoms with Crippen molar-refractivity contribution in [2.45, 2.75) is 57.6 Å². The molecule has 0 N–H and O–H groups in total. The van der Waals surface area contributed by atoms with Crippen molar-refractivity contribution in [2.24, 2.45) is 0 Å². The minimum absolute atomic E-state index is 0.142. The third-order valence-electron chi connectivity index (χ3n) is 7.34. The summed E-state index contributed by atoms with van der Waals surface area (Å²) >= 11 is 1.57. The van der Waals surface area contributed by atoms with Crippen molar-refractivity contribution in [1.29, 1.82) is 0 Å². The number of methoxy groups -OCH3 is 2. The maximum Gasteiger partial charge on any atom is 0.244 e. The van der Waals surface area contributed by atoms with Crippen LogP contribution in [0, 0.1) is 20.8 Å². The van der Waals surface area contributed by atoms with Crippen LogP contribution < -0.4 is 9.47 Å². The van der Waals surface area contributed by atoms with E-state index in [9.17, 15) is 13.2 Å². The molecule has 8 nitrogen and oxygen atoms in total. The van der Waals surface area contributed by atoms with Gasteiger partial charge < -0.3 is 19.1 Å². The molecule has 3 aromatic rings. The molecule has 1 unspecified atom stereocenters. The van der Waals surface area contributed by atoms with Gasteiger partial charge in [-0.25, -0.2) is 8.42 Å². The van der Waals surface area contributed by atoms with Crippen molar-refractivity contribution >= 4 is 27.3 Å². The predicted molar refractivity (Wildman–Crippen MR) is 161 cm³/mol. The Balaban J connectivity index is 1.61. The standard InChI is InChI=1S/C31H40N2O6S2/c1-22-16-23(2)31(24(3)17-22)41(35,36)33(19-26-8-6-14-39-26)21-30(34)32(20-27-9-7-15-40-27)13-12-25-10-11-28(37-4)29(18-25)38-5/h7,9-11,15-18,26H,6,8,12-14,19-21H2,1-5H3. The van der Waals surface area contributed by atoms with Gasteiger partial charge in [0.2, 0.25) is 15.9 Å². The van der Waals surface area contributed by atoms with Crippen molar-refractivity contribution in [3.63, 3.8) is 0 Å². The zero-order valence-electron chi connectivity index (χ0n) is 24.5. The van der Waals surface area contributed by atoms with E-state index in [4.69, 9.17) is 14.2 Å². The molecule has 1 aliphatic rings. The molecule has 2 aromatic carbocycles. The zero-order valence-corrected chi connectivity index (χ0v) is 26.1. The van der Waals surface area contributed by atoms with Gasteiger partial charge in [-0.2, -0.15) is 4.31 Å². The number of benzene rings is 2. The first-order valence-electron chi connectivity index (χ1n) is 13.8. The molecule has 10 heteroatoms. The number of nitrogens with zero attached hydrogens (tertiary/aromatic N) is 2. The highest BCUT2D eigenvalue weighted by Crippen LogP contribution is 2.29. The number of hydrogen-bond acceptors (Lipinski definition) is 7. The Morgan fingerprint density at radius 2 is 1.78 bits per heavy atom. The van der Waals surface area contributed by atoms with Crippen LogP contribution in [-0.2, 0) is 32.5 Å². The highest BCUT2D eigenvalue weighted by Gasteiger charge is 2.34. The summed E-state index contributed by atoms with van der Waals surface area (Å²) in [6, 6.07) is 13.4. The van der Waals surface area contributed by atoms with Gasteiger partial charge in [-0.05, 0) is 80.3 Å². The van der Waals surface area contributed by atoms with E-state index in [0.29, 0.717) is 48.7 Å². The lowest BCUT2D eigenvalue weighted by atomic mass is 10.1. The van der Waals surface area contributed by atoms with Gasteiger partial charge in [0.05, 0.1) is 38.3 Å². The van der Waals surface area contributed by atoms with E-state index >= 15 is 0 Å². The molecule has 1 amide bonds. The molecule has 0 radical (unpaired) electrons. The normalized spacial score (nSPS) is 15.3. The lowest BCUT2D eigenvalue weighted by Crippen LogP contribution is -2.46. The monoisotopic (exact) mass is 600 g/mol. The van der Waals surface area contributed by atoms with Gasteiger partial charge in [-0.1, -0.05) is 29.8 Å². The second-order valence-electron chi connectivity index (χ2n) is 10.5.